The minimum absolute atomic E-state index is 0.0121. The van der Waals surface area contributed by atoms with E-state index in [0.29, 0.717) is 17.0 Å². The number of fused-ring (bicyclic) bond motifs is 1. The number of imidazole rings is 1. The topological polar surface area (TPSA) is 134 Å². The Morgan fingerprint density at radius 2 is 2.00 bits per heavy atom. The second kappa shape index (κ2) is 6.53. The molecule has 144 valence electrons. The summed E-state index contributed by atoms with van der Waals surface area (Å²) in [6.45, 7) is 10.6. The predicted molar refractivity (Wildman–Crippen MR) is 101 cm³/mol. The van der Waals surface area contributed by atoms with E-state index in [-0.39, 0.29) is 11.6 Å². The average molecular weight is 381 g/mol. The standard InChI is InChI=1S/C16H28N6O3Si/c1-16(2,3)26(4,5)25-12-10(17)9(6-23)24-15(12)22-8-21-11-13(18)19-7-20-14(11)22/h7-10,12,15,23H,6,17H2,1-5H3,(H2,18,19,20)/t9-,10-,12?,15-/m1/s1. The summed E-state index contributed by atoms with van der Waals surface area (Å²) in [7, 11) is -2.12. The Balaban J connectivity index is 2.01. The van der Waals surface area contributed by atoms with E-state index < -0.39 is 32.8 Å². The maximum absolute atomic E-state index is 9.67. The van der Waals surface area contributed by atoms with Crippen LogP contribution in [0.15, 0.2) is 12.7 Å². The first-order valence-electron chi connectivity index (χ1n) is 8.69. The Kier molecular flexibility index (Phi) is 4.82. The van der Waals surface area contributed by atoms with Gasteiger partial charge < -0.3 is 25.7 Å². The van der Waals surface area contributed by atoms with Gasteiger partial charge in [-0.3, -0.25) is 4.57 Å². The van der Waals surface area contributed by atoms with Crippen LogP contribution in [0.25, 0.3) is 11.2 Å². The fourth-order valence-corrected chi connectivity index (χ4v) is 4.16. The summed E-state index contributed by atoms with van der Waals surface area (Å²) in [5.41, 5.74) is 13.3. The van der Waals surface area contributed by atoms with Crippen molar-refractivity contribution in [1.82, 2.24) is 19.5 Å². The Morgan fingerprint density at radius 1 is 1.31 bits per heavy atom. The highest BCUT2D eigenvalue weighted by atomic mass is 28.4. The van der Waals surface area contributed by atoms with Crippen LogP contribution in [0.4, 0.5) is 5.82 Å². The molecular formula is C16H28N6O3Si. The van der Waals surface area contributed by atoms with E-state index >= 15 is 0 Å². The Labute approximate surface area is 153 Å². The van der Waals surface area contributed by atoms with Crippen LogP contribution >= 0.6 is 0 Å². The van der Waals surface area contributed by atoms with Crippen LogP contribution in [0, 0.1) is 0 Å². The Hall–Kier alpha value is -1.59. The highest BCUT2D eigenvalue weighted by Gasteiger charge is 2.49. The first kappa shape index (κ1) is 19.2. The molecule has 1 unspecified atom stereocenters. The van der Waals surface area contributed by atoms with E-state index in [1.54, 1.807) is 10.9 Å². The zero-order valence-corrected chi connectivity index (χ0v) is 16.9. The molecule has 1 aliphatic heterocycles. The molecule has 9 nitrogen and oxygen atoms in total. The van der Waals surface area contributed by atoms with Crippen LogP contribution in [0.1, 0.15) is 27.0 Å². The van der Waals surface area contributed by atoms with Gasteiger partial charge >= 0.3 is 0 Å². The molecule has 3 rings (SSSR count). The lowest BCUT2D eigenvalue weighted by Gasteiger charge is -2.40. The molecule has 1 aliphatic rings. The van der Waals surface area contributed by atoms with Crippen molar-refractivity contribution in [2.24, 2.45) is 5.73 Å². The molecular weight excluding hydrogens is 352 g/mol. The van der Waals surface area contributed by atoms with E-state index in [4.69, 9.17) is 20.6 Å². The van der Waals surface area contributed by atoms with Gasteiger partial charge in [-0.2, -0.15) is 0 Å². The van der Waals surface area contributed by atoms with Crippen LogP contribution < -0.4 is 11.5 Å². The van der Waals surface area contributed by atoms with Crippen LogP contribution in [0.5, 0.6) is 0 Å². The van der Waals surface area contributed by atoms with Gasteiger partial charge in [0.1, 0.15) is 24.1 Å². The fourth-order valence-electron chi connectivity index (χ4n) is 2.85. The molecule has 1 saturated heterocycles. The lowest BCUT2D eigenvalue weighted by molar-refractivity contribution is -0.0462. The van der Waals surface area contributed by atoms with E-state index in [0.717, 1.165) is 0 Å². The van der Waals surface area contributed by atoms with Crippen LogP contribution in [-0.4, -0.2) is 57.8 Å². The molecule has 0 amide bonds. The van der Waals surface area contributed by atoms with Crippen molar-refractivity contribution >= 4 is 25.3 Å². The molecule has 4 atom stereocenters. The van der Waals surface area contributed by atoms with Gasteiger partial charge in [0.05, 0.1) is 19.0 Å². The first-order chi connectivity index (χ1) is 12.1. The van der Waals surface area contributed by atoms with Crippen molar-refractivity contribution in [2.45, 2.75) is 63.4 Å². The molecule has 2 aromatic heterocycles. The number of aliphatic hydroxyl groups is 1. The highest BCUT2D eigenvalue weighted by Crippen LogP contribution is 2.41. The van der Waals surface area contributed by atoms with Gasteiger partial charge in [-0.1, -0.05) is 20.8 Å². The SMILES string of the molecule is CC(C)(C)[Si](C)(C)OC1[C@H](n2cnc3c(N)ncnc32)O[C@H](CO)[C@H]1N. The number of anilines is 1. The normalized spacial score (nSPS) is 27.3. The van der Waals surface area contributed by atoms with Crippen LogP contribution in [0.3, 0.4) is 0 Å². The van der Waals surface area contributed by atoms with E-state index in [1.807, 2.05) is 0 Å². The van der Waals surface area contributed by atoms with Crippen molar-refractivity contribution < 1.29 is 14.3 Å². The largest absolute Gasteiger partial charge is 0.408 e. The third-order valence-corrected chi connectivity index (χ3v) is 9.96. The lowest BCUT2D eigenvalue weighted by Crippen LogP contribution is -2.51. The molecule has 26 heavy (non-hydrogen) atoms. The summed E-state index contributed by atoms with van der Waals surface area (Å²) >= 11 is 0. The van der Waals surface area contributed by atoms with Crippen LogP contribution in [-0.2, 0) is 9.16 Å². The molecule has 10 heteroatoms. The van der Waals surface area contributed by atoms with E-state index in [1.165, 1.54) is 6.33 Å². The van der Waals surface area contributed by atoms with E-state index in [2.05, 4.69) is 48.8 Å². The van der Waals surface area contributed by atoms with Crippen molar-refractivity contribution in [3.8, 4) is 0 Å². The number of hydrogen-bond acceptors (Lipinski definition) is 8. The molecule has 0 saturated carbocycles. The number of nitrogen functional groups attached to an aromatic ring is 1. The number of aliphatic hydroxyl groups excluding tert-OH is 1. The second-order valence-electron chi connectivity index (χ2n) is 8.25. The number of ether oxygens (including phenoxy) is 1. The van der Waals surface area contributed by atoms with Gasteiger partial charge in [0.2, 0.25) is 0 Å². The summed E-state index contributed by atoms with van der Waals surface area (Å²) in [5, 5.41) is 9.68. The molecule has 3 heterocycles. The zero-order valence-electron chi connectivity index (χ0n) is 15.9. The maximum Gasteiger partial charge on any atom is 0.192 e. The minimum atomic E-state index is -2.12. The first-order valence-corrected chi connectivity index (χ1v) is 11.6. The number of nitrogens with zero attached hydrogens (tertiary/aromatic N) is 4. The van der Waals surface area contributed by atoms with Gasteiger partial charge in [-0.15, -0.1) is 0 Å². The van der Waals surface area contributed by atoms with Gasteiger partial charge in [-0.05, 0) is 18.1 Å². The van der Waals surface area contributed by atoms with Gasteiger partial charge in [0, 0.05) is 0 Å². The summed E-state index contributed by atoms with van der Waals surface area (Å²) in [4.78, 5) is 12.6. The second-order valence-corrected chi connectivity index (χ2v) is 13.0. The number of nitrogens with two attached hydrogens (primary N) is 2. The lowest BCUT2D eigenvalue weighted by atomic mass is 10.1. The van der Waals surface area contributed by atoms with Crippen molar-refractivity contribution in [3.05, 3.63) is 12.7 Å². The summed E-state index contributed by atoms with van der Waals surface area (Å²) in [6, 6.07) is -0.462. The zero-order chi connectivity index (χ0) is 19.3. The molecule has 5 N–H and O–H groups in total. The smallest absolute Gasteiger partial charge is 0.192 e. The molecule has 2 aromatic rings. The van der Waals surface area contributed by atoms with Crippen LogP contribution in [0.2, 0.25) is 18.1 Å². The molecule has 1 fully saturated rings. The molecule has 0 spiro atoms. The minimum Gasteiger partial charge on any atom is -0.408 e. The maximum atomic E-state index is 9.67. The molecule has 0 bridgehead atoms. The number of hydrogen-bond donors (Lipinski definition) is 3. The highest BCUT2D eigenvalue weighted by molar-refractivity contribution is 6.74. The molecule has 0 aliphatic carbocycles. The van der Waals surface area contributed by atoms with Gasteiger partial charge in [-0.25, -0.2) is 15.0 Å². The average Bonchev–Trinajstić information content (AvgIpc) is 3.09. The monoisotopic (exact) mass is 380 g/mol. The van der Waals surface area contributed by atoms with Crippen molar-refractivity contribution in [1.29, 1.82) is 0 Å². The summed E-state index contributed by atoms with van der Waals surface area (Å²) in [6.07, 6.45) is 1.50. The fraction of sp³-hybridized carbons (Fsp3) is 0.688. The summed E-state index contributed by atoms with van der Waals surface area (Å²) < 4.78 is 14.4. The third-order valence-electron chi connectivity index (χ3n) is 5.48. The Bertz CT molecular complexity index is 790. The predicted octanol–water partition coefficient (Wildman–Crippen LogP) is 1.02. The summed E-state index contributed by atoms with van der Waals surface area (Å²) in [5.74, 6) is 0.302. The van der Waals surface area contributed by atoms with Gasteiger partial charge in [0.25, 0.3) is 0 Å². The number of rotatable bonds is 4. The Morgan fingerprint density at radius 3 is 2.62 bits per heavy atom. The quantitative estimate of drug-likeness (QED) is 0.669. The number of aromatic nitrogens is 4. The third kappa shape index (κ3) is 3.12. The van der Waals surface area contributed by atoms with E-state index in [9.17, 15) is 5.11 Å². The van der Waals surface area contributed by atoms with Crippen molar-refractivity contribution in [2.75, 3.05) is 12.3 Å². The molecule has 0 aromatic carbocycles. The molecule has 0 radical (unpaired) electrons. The van der Waals surface area contributed by atoms with Gasteiger partial charge in [0.15, 0.2) is 26.0 Å². The van der Waals surface area contributed by atoms with Crippen molar-refractivity contribution in [3.63, 3.8) is 0 Å².